The van der Waals surface area contributed by atoms with Gasteiger partial charge in [-0.15, -0.1) is 0 Å². The molecule has 1 saturated heterocycles. The van der Waals surface area contributed by atoms with E-state index in [4.69, 9.17) is 0 Å². The highest BCUT2D eigenvalue weighted by atomic mass is 15.3. The molecule has 0 unspecified atom stereocenters. The molecule has 2 aliphatic heterocycles. The zero-order chi connectivity index (χ0) is 16.0. The zero-order valence-corrected chi connectivity index (χ0v) is 15.0. The molecule has 0 N–H and O–H groups in total. The largest absolute Gasteiger partial charge is 0.298 e. The molecule has 22 heavy (non-hydrogen) atoms. The summed E-state index contributed by atoms with van der Waals surface area (Å²) in [4.78, 5) is 5.31. The van der Waals surface area contributed by atoms with Crippen LogP contribution in [0.5, 0.6) is 0 Å². The number of hydrogen-bond acceptors (Lipinski definition) is 2. The second-order valence-corrected chi connectivity index (χ2v) is 8.90. The Balaban J connectivity index is 1.58. The number of benzene rings is 1. The molecule has 1 aromatic carbocycles. The molecule has 2 heteroatoms. The van der Waals surface area contributed by atoms with Crippen molar-refractivity contribution in [3.8, 4) is 0 Å². The number of hydrogen-bond donors (Lipinski definition) is 0. The van der Waals surface area contributed by atoms with E-state index < -0.39 is 0 Å². The van der Waals surface area contributed by atoms with Crippen molar-refractivity contribution in [2.45, 2.75) is 65.1 Å². The van der Waals surface area contributed by atoms with Crippen molar-refractivity contribution in [1.29, 1.82) is 0 Å². The van der Waals surface area contributed by atoms with Crippen LogP contribution < -0.4 is 0 Å². The molecular weight excluding hydrogens is 268 g/mol. The predicted octanol–water partition coefficient (Wildman–Crippen LogP) is 3.94. The molecule has 1 aromatic rings. The van der Waals surface area contributed by atoms with Gasteiger partial charge >= 0.3 is 0 Å². The van der Waals surface area contributed by atoms with Gasteiger partial charge in [0.15, 0.2) is 0 Å². The van der Waals surface area contributed by atoms with Crippen molar-refractivity contribution < 1.29 is 0 Å². The van der Waals surface area contributed by atoms with Gasteiger partial charge in [0.25, 0.3) is 0 Å². The summed E-state index contributed by atoms with van der Waals surface area (Å²) in [5.41, 5.74) is 3.73. The average molecular weight is 300 g/mol. The van der Waals surface area contributed by atoms with Gasteiger partial charge in [0.05, 0.1) is 0 Å². The van der Waals surface area contributed by atoms with Crippen molar-refractivity contribution in [2.24, 2.45) is 5.92 Å². The van der Waals surface area contributed by atoms with Crippen molar-refractivity contribution in [3.05, 3.63) is 35.4 Å². The Bertz CT molecular complexity index is 521. The maximum atomic E-state index is 2.70. The normalized spacial score (nSPS) is 21.5. The fourth-order valence-corrected chi connectivity index (χ4v) is 4.09. The molecule has 3 rings (SSSR count). The van der Waals surface area contributed by atoms with Gasteiger partial charge in [-0.05, 0) is 64.5 Å². The first-order chi connectivity index (χ1) is 10.3. The van der Waals surface area contributed by atoms with Crippen LogP contribution in [0.2, 0.25) is 0 Å². The van der Waals surface area contributed by atoms with E-state index in [1.54, 1.807) is 5.56 Å². The molecule has 0 aromatic heterocycles. The Morgan fingerprint density at radius 2 is 1.59 bits per heavy atom. The SMILES string of the molecule is CC(C)(C)N1CC(CC(C)(C)N2CCc3ccccc3C2)C1. The van der Waals surface area contributed by atoms with Crippen LogP contribution in [0.1, 0.15) is 52.2 Å². The third-order valence-electron chi connectivity index (χ3n) is 5.68. The Morgan fingerprint density at radius 1 is 0.955 bits per heavy atom. The zero-order valence-electron chi connectivity index (χ0n) is 15.0. The first-order valence-electron chi connectivity index (χ1n) is 8.82. The van der Waals surface area contributed by atoms with Gasteiger partial charge in [0, 0.05) is 37.3 Å². The molecule has 0 amide bonds. The minimum absolute atomic E-state index is 0.308. The number of nitrogens with zero attached hydrogens (tertiary/aromatic N) is 2. The van der Waals surface area contributed by atoms with Crippen molar-refractivity contribution in [2.75, 3.05) is 19.6 Å². The standard InChI is InChI=1S/C20H32N2/c1-19(2,3)22-13-16(14-22)12-20(4,5)21-11-10-17-8-6-7-9-18(17)15-21/h6-9,16H,10-15H2,1-5H3. The van der Waals surface area contributed by atoms with Gasteiger partial charge in [-0.1, -0.05) is 24.3 Å². The van der Waals surface area contributed by atoms with Crippen LogP contribution in [0, 0.1) is 5.92 Å². The lowest BCUT2D eigenvalue weighted by Gasteiger charge is -2.51. The summed E-state index contributed by atoms with van der Waals surface area (Å²) in [6, 6.07) is 8.96. The molecule has 0 radical (unpaired) electrons. The van der Waals surface area contributed by atoms with Gasteiger partial charge in [-0.3, -0.25) is 9.80 Å². The minimum atomic E-state index is 0.308. The molecule has 1 fully saturated rings. The highest BCUT2D eigenvalue weighted by Crippen LogP contribution is 2.35. The Labute approximate surface area is 136 Å². The minimum Gasteiger partial charge on any atom is -0.298 e. The van der Waals surface area contributed by atoms with Gasteiger partial charge in [-0.2, -0.15) is 0 Å². The average Bonchev–Trinajstić information content (AvgIpc) is 2.40. The first-order valence-corrected chi connectivity index (χ1v) is 8.82. The lowest BCUT2D eigenvalue weighted by molar-refractivity contribution is -0.0205. The fourth-order valence-electron chi connectivity index (χ4n) is 4.09. The van der Waals surface area contributed by atoms with Crippen LogP contribution in [-0.2, 0) is 13.0 Å². The fraction of sp³-hybridized carbons (Fsp3) is 0.700. The van der Waals surface area contributed by atoms with Crippen molar-refractivity contribution >= 4 is 0 Å². The Kier molecular flexibility index (Phi) is 4.11. The molecular formula is C20H32N2. The lowest BCUT2D eigenvalue weighted by Crippen LogP contribution is -2.58. The van der Waals surface area contributed by atoms with Gasteiger partial charge in [0.1, 0.15) is 0 Å². The number of fused-ring (bicyclic) bond motifs is 1. The molecule has 2 nitrogen and oxygen atoms in total. The summed E-state index contributed by atoms with van der Waals surface area (Å²) in [5, 5.41) is 0. The Morgan fingerprint density at radius 3 is 2.23 bits per heavy atom. The number of likely N-dealkylation sites (tertiary alicyclic amines) is 1. The lowest BCUT2D eigenvalue weighted by atomic mass is 9.81. The monoisotopic (exact) mass is 300 g/mol. The van der Waals surface area contributed by atoms with E-state index in [0.29, 0.717) is 11.1 Å². The molecule has 122 valence electrons. The molecule has 0 saturated carbocycles. The highest BCUT2D eigenvalue weighted by Gasteiger charge is 2.39. The maximum Gasteiger partial charge on any atom is 0.0241 e. The first kappa shape index (κ1) is 16.0. The third-order valence-corrected chi connectivity index (χ3v) is 5.68. The van der Waals surface area contributed by atoms with Crippen LogP contribution in [0.3, 0.4) is 0 Å². The van der Waals surface area contributed by atoms with E-state index in [0.717, 1.165) is 12.5 Å². The van der Waals surface area contributed by atoms with E-state index in [2.05, 4.69) is 68.7 Å². The smallest absolute Gasteiger partial charge is 0.0241 e. The van der Waals surface area contributed by atoms with E-state index >= 15 is 0 Å². The molecule has 0 bridgehead atoms. The van der Waals surface area contributed by atoms with Crippen LogP contribution >= 0.6 is 0 Å². The van der Waals surface area contributed by atoms with E-state index in [-0.39, 0.29) is 0 Å². The summed E-state index contributed by atoms with van der Waals surface area (Å²) >= 11 is 0. The second kappa shape index (κ2) is 5.65. The summed E-state index contributed by atoms with van der Waals surface area (Å²) in [5.74, 6) is 0.867. The van der Waals surface area contributed by atoms with Crippen LogP contribution in [0.15, 0.2) is 24.3 Å². The predicted molar refractivity (Wildman–Crippen MR) is 94.1 cm³/mol. The topological polar surface area (TPSA) is 6.48 Å². The summed E-state index contributed by atoms with van der Waals surface area (Å²) < 4.78 is 0. The van der Waals surface area contributed by atoms with Crippen molar-refractivity contribution in [1.82, 2.24) is 9.80 Å². The second-order valence-electron chi connectivity index (χ2n) is 8.90. The van der Waals surface area contributed by atoms with E-state index in [1.165, 1.54) is 38.0 Å². The molecule has 0 aliphatic carbocycles. The molecule has 2 heterocycles. The van der Waals surface area contributed by atoms with Gasteiger partial charge in [-0.25, -0.2) is 0 Å². The van der Waals surface area contributed by atoms with Crippen molar-refractivity contribution in [3.63, 3.8) is 0 Å². The van der Waals surface area contributed by atoms with Gasteiger partial charge in [0.2, 0.25) is 0 Å². The summed E-state index contributed by atoms with van der Waals surface area (Å²) in [6.07, 6.45) is 2.53. The molecule has 0 spiro atoms. The Hall–Kier alpha value is -0.860. The van der Waals surface area contributed by atoms with Crippen LogP contribution in [0.4, 0.5) is 0 Å². The van der Waals surface area contributed by atoms with E-state index in [9.17, 15) is 0 Å². The quantitative estimate of drug-likeness (QED) is 0.834. The summed E-state index contributed by atoms with van der Waals surface area (Å²) in [7, 11) is 0. The highest BCUT2D eigenvalue weighted by molar-refractivity contribution is 5.29. The van der Waals surface area contributed by atoms with Crippen LogP contribution in [0.25, 0.3) is 0 Å². The molecule has 2 aliphatic rings. The maximum absolute atomic E-state index is 2.70. The third kappa shape index (κ3) is 3.23. The number of rotatable bonds is 3. The van der Waals surface area contributed by atoms with E-state index in [1.807, 2.05) is 0 Å². The van der Waals surface area contributed by atoms with Gasteiger partial charge < -0.3 is 0 Å². The molecule has 0 atom stereocenters. The summed E-state index contributed by atoms with van der Waals surface area (Å²) in [6.45, 7) is 16.8. The van der Waals surface area contributed by atoms with Crippen LogP contribution in [-0.4, -0.2) is 40.5 Å².